The summed E-state index contributed by atoms with van der Waals surface area (Å²) in [5, 5.41) is 3.43. The van der Waals surface area contributed by atoms with Gasteiger partial charge in [0.05, 0.1) is 17.4 Å². The van der Waals surface area contributed by atoms with Crippen LogP contribution in [-0.4, -0.2) is 46.3 Å². The van der Waals surface area contributed by atoms with Crippen molar-refractivity contribution in [2.45, 2.75) is 25.9 Å². The molecule has 142 valence electrons. The second-order valence-corrected chi connectivity index (χ2v) is 7.17. The molecule has 1 aliphatic rings. The number of aromatic nitrogens is 2. The summed E-state index contributed by atoms with van der Waals surface area (Å²) in [6, 6.07) is 1.24. The number of halogens is 3. The van der Waals surface area contributed by atoms with Gasteiger partial charge in [-0.1, -0.05) is 0 Å². The van der Waals surface area contributed by atoms with Gasteiger partial charge in [-0.2, -0.15) is 18.3 Å². The molecule has 2 aromatic rings. The second-order valence-electron chi connectivity index (χ2n) is 6.14. The van der Waals surface area contributed by atoms with Crippen molar-refractivity contribution in [1.82, 2.24) is 14.7 Å². The van der Waals surface area contributed by atoms with Crippen molar-refractivity contribution in [1.29, 1.82) is 0 Å². The fraction of sp³-hybridized carbons (Fsp3) is 0.562. The van der Waals surface area contributed by atoms with Crippen LogP contribution in [0.1, 0.15) is 35.1 Å². The topological polar surface area (TPSA) is 64.4 Å². The molecule has 10 heteroatoms. The van der Waals surface area contributed by atoms with Gasteiger partial charge in [-0.3, -0.25) is 14.3 Å². The lowest BCUT2D eigenvalue weighted by Gasteiger charge is -2.31. The van der Waals surface area contributed by atoms with Crippen LogP contribution < -0.4 is 0 Å². The van der Waals surface area contributed by atoms with Crippen LogP contribution >= 0.6 is 11.3 Å². The summed E-state index contributed by atoms with van der Waals surface area (Å²) in [6.45, 7) is 2.67. The van der Waals surface area contributed by atoms with E-state index in [1.807, 2.05) is 0 Å². The number of piperidine rings is 1. The van der Waals surface area contributed by atoms with Gasteiger partial charge in [0.15, 0.2) is 5.69 Å². The lowest BCUT2D eigenvalue weighted by Crippen LogP contribution is -2.42. The number of nitrogens with zero attached hydrogens (tertiary/aromatic N) is 3. The Morgan fingerprint density at radius 3 is 2.81 bits per heavy atom. The van der Waals surface area contributed by atoms with Crippen LogP contribution in [0.5, 0.6) is 0 Å². The molecule has 0 N–H and O–H groups in total. The van der Waals surface area contributed by atoms with E-state index in [4.69, 9.17) is 4.74 Å². The Kier molecular flexibility index (Phi) is 4.96. The van der Waals surface area contributed by atoms with Gasteiger partial charge in [-0.15, -0.1) is 11.3 Å². The molecule has 0 aliphatic carbocycles. The maximum atomic E-state index is 13.1. The Balaban J connectivity index is 1.85. The molecule has 0 saturated carbocycles. The number of carbonyl (C=O) groups excluding carboxylic acids is 2. The largest absolute Gasteiger partial charge is 0.466 e. The van der Waals surface area contributed by atoms with E-state index in [-0.39, 0.29) is 35.3 Å². The van der Waals surface area contributed by atoms with Crippen LogP contribution in [0, 0.1) is 5.92 Å². The predicted octanol–water partition coefficient (Wildman–Crippen LogP) is 3.07. The molecule has 1 unspecified atom stereocenters. The van der Waals surface area contributed by atoms with E-state index in [9.17, 15) is 22.8 Å². The monoisotopic (exact) mass is 389 g/mol. The fourth-order valence-electron chi connectivity index (χ4n) is 3.13. The molecule has 1 aliphatic heterocycles. The van der Waals surface area contributed by atoms with Crippen molar-refractivity contribution in [3.8, 4) is 0 Å². The number of amides is 1. The summed E-state index contributed by atoms with van der Waals surface area (Å²) in [4.78, 5) is 26.7. The van der Waals surface area contributed by atoms with Crippen LogP contribution in [0.15, 0.2) is 6.07 Å². The van der Waals surface area contributed by atoms with Gasteiger partial charge in [0.25, 0.3) is 5.91 Å². The number of thiophene rings is 1. The van der Waals surface area contributed by atoms with Gasteiger partial charge in [0.2, 0.25) is 0 Å². The highest BCUT2D eigenvalue weighted by atomic mass is 32.1. The third-order valence-corrected chi connectivity index (χ3v) is 5.51. The Hall–Kier alpha value is -2.10. The standard InChI is InChI=1S/C16H18F3N3O3S/c1-3-25-15(24)9-5-4-6-22(8-9)13(23)11-7-10-12(16(17,18)19)20-21(2)14(10)26-11/h7,9H,3-6,8H2,1-2H3. The first kappa shape index (κ1) is 18.7. The summed E-state index contributed by atoms with van der Waals surface area (Å²) in [5.41, 5.74) is -0.992. The zero-order valence-electron chi connectivity index (χ0n) is 14.3. The maximum absolute atomic E-state index is 13.1. The van der Waals surface area contributed by atoms with E-state index in [1.165, 1.54) is 18.0 Å². The Bertz CT molecular complexity index is 843. The van der Waals surface area contributed by atoms with Gasteiger partial charge in [-0.25, -0.2) is 0 Å². The molecule has 1 saturated heterocycles. The zero-order valence-corrected chi connectivity index (χ0v) is 15.1. The summed E-state index contributed by atoms with van der Waals surface area (Å²) in [5.74, 6) is -1.10. The molecule has 6 nitrogen and oxygen atoms in total. The number of ether oxygens (including phenoxy) is 1. The summed E-state index contributed by atoms with van der Waals surface area (Å²) >= 11 is 0.976. The number of hydrogen-bond donors (Lipinski definition) is 0. The molecular formula is C16H18F3N3O3S. The molecule has 0 bridgehead atoms. The van der Waals surface area contributed by atoms with Gasteiger partial charge in [-0.05, 0) is 25.8 Å². The molecule has 0 radical (unpaired) electrons. The van der Waals surface area contributed by atoms with Crippen molar-refractivity contribution in [3.63, 3.8) is 0 Å². The van der Waals surface area contributed by atoms with E-state index in [1.54, 1.807) is 6.92 Å². The van der Waals surface area contributed by atoms with Gasteiger partial charge < -0.3 is 9.64 Å². The molecule has 1 fully saturated rings. The lowest BCUT2D eigenvalue weighted by molar-refractivity contribution is -0.149. The van der Waals surface area contributed by atoms with E-state index in [0.717, 1.165) is 16.0 Å². The molecule has 26 heavy (non-hydrogen) atoms. The highest BCUT2D eigenvalue weighted by Gasteiger charge is 2.38. The number of hydrogen-bond acceptors (Lipinski definition) is 5. The third-order valence-electron chi connectivity index (χ3n) is 4.32. The molecule has 3 heterocycles. The third kappa shape index (κ3) is 3.42. The zero-order chi connectivity index (χ0) is 19.1. The summed E-state index contributed by atoms with van der Waals surface area (Å²) < 4.78 is 45.4. The molecule has 1 atom stereocenters. The van der Waals surface area contributed by atoms with Crippen LogP contribution in [0.4, 0.5) is 13.2 Å². The second kappa shape index (κ2) is 6.90. The van der Waals surface area contributed by atoms with Crippen molar-refractivity contribution in [3.05, 3.63) is 16.6 Å². The first-order valence-corrected chi connectivity index (χ1v) is 9.03. The minimum Gasteiger partial charge on any atom is -0.466 e. The number of aryl methyl sites for hydroxylation is 1. The average Bonchev–Trinajstić information content (AvgIpc) is 3.15. The number of rotatable bonds is 3. The SMILES string of the molecule is CCOC(=O)C1CCCN(C(=O)c2cc3c(C(F)(F)F)nn(C)c3s2)C1. The number of esters is 1. The maximum Gasteiger partial charge on any atom is 0.435 e. The van der Waals surface area contributed by atoms with E-state index >= 15 is 0 Å². The number of alkyl halides is 3. The predicted molar refractivity (Wildman–Crippen MR) is 88.9 cm³/mol. The molecule has 0 spiro atoms. The quantitative estimate of drug-likeness (QED) is 0.757. The Morgan fingerprint density at radius 1 is 1.42 bits per heavy atom. The average molecular weight is 389 g/mol. The fourth-order valence-corrected chi connectivity index (χ4v) is 4.17. The molecule has 2 aromatic heterocycles. The Labute approximate surface area is 151 Å². The first-order chi connectivity index (χ1) is 12.2. The van der Waals surface area contributed by atoms with E-state index in [0.29, 0.717) is 24.2 Å². The number of likely N-dealkylation sites (tertiary alicyclic amines) is 1. The van der Waals surface area contributed by atoms with Crippen LogP contribution in [0.2, 0.25) is 0 Å². The summed E-state index contributed by atoms with van der Waals surface area (Å²) in [6.07, 6.45) is -3.30. The van der Waals surface area contributed by atoms with Crippen LogP contribution in [0.3, 0.4) is 0 Å². The molecule has 0 aromatic carbocycles. The molecule has 1 amide bonds. The van der Waals surface area contributed by atoms with Crippen LogP contribution in [0.25, 0.3) is 10.2 Å². The van der Waals surface area contributed by atoms with E-state index in [2.05, 4.69) is 5.10 Å². The first-order valence-electron chi connectivity index (χ1n) is 8.22. The smallest absolute Gasteiger partial charge is 0.435 e. The van der Waals surface area contributed by atoms with Gasteiger partial charge in [0.1, 0.15) is 4.83 Å². The number of fused-ring (bicyclic) bond motifs is 1. The normalized spacial score (nSPS) is 18.3. The van der Waals surface area contributed by atoms with Gasteiger partial charge >= 0.3 is 12.1 Å². The highest BCUT2D eigenvalue weighted by molar-refractivity contribution is 7.20. The van der Waals surface area contributed by atoms with Crippen molar-refractivity contribution < 1.29 is 27.5 Å². The van der Waals surface area contributed by atoms with Gasteiger partial charge in [0, 0.05) is 25.5 Å². The minimum absolute atomic E-state index is 0.0766. The number of carbonyl (C=O) groups is 2. The van der Waals surface area contributed by atoms with Crippen LogP contribution in [-0.2, 0) is 22.8 Å². The Morgan fingerprint density at radius 2 is 2.15 bits per heavy atom. The van der Waals surface area contributed by atoms with E-state index < -0.39 is 17.8 Å². The van der Waals surface area contributed by atoms with Crippen molar-refractivity contribution in [2.75, 3.05) is 19.7 Å². The van der Waals surface area contributed by atoms with Crippen molar-refractivity contribution in [2.24, 2.45) is 13.0 Å². The minimum atomic E-state index is -4.58. The van der Waals surface area contributed by atoms with Crippen molar-refractivity contribution >= 4 is 33.4 Å². The molecule has 3 rings (SSSR count). The summed E-state index contributed by atoms with van der Waals surface area (Å²) in [7, 11) is 1.42. The highest BCUT2D eigenvalue weighted by Crippen LogP contribution is 2.37. The molecular weight excluding hydrogens is 371 g/mol. The lowest BCUT2D eigenvalue weighted by atomic mass is 9.98.